The number of fused-ring (bicyclic) bond motifs is 2. The number of nitrogens with one attached hydrogen (secondary N) is 2. The molecule has 2 aromatic carbocycles. The zero-order valence-corrected chi connectivity index (χ0v) is 14.9. The number of aromatic nitrogens is 3. The molecule has 5 nitrogen and oxygen atoms in total. The van der Waals surface area contributed by atoms with Crippen molar-refractivity contribution < 1.29 is 9.53 Å². The Labute approximate surface area is 152 Å². The quantitative estimate of drug-likeness (QED) is 0.442. The van der Waals surface area contributed by atoms with E-state index in [0.29, 0.717) is 17.0 Å². The third-order valence-corrected chi connectivity index (χ3v) is 4.98. The summed E-state index contributed by atoms with van der Waals surface area (Å²) in [5, 5.41) is 0.941. The van der Waals surface area contributed by atoms with Crippen molar-refractivity contribution in [1.29, 1.82) is 0 Å². The van der Waals surface area contributed by atoms with Crippen molar-refractivity contribution >= 4 is 41.5 Å². The number of aryl methyl sites for hydroxylation is 1. The van der Waals surface area contributed by atoms with Crippen LogP contribution in [0.3, 0.4) is 0 Å². The Balaban J connectivity index is 2.04. The molecule has 1 unspecified atom stereocenters. The molecule has 0 saturated carbocycles. The van der Waals surface area contributed by atoms with Gasteiger partial charge >= 0.3 is 0 Å². The van der Waals surface area contributed by atoms with Crippen LogP contribution in [0.5, 0.6) is 5.75 Å². The van der Waals surface area contributed by atoms with E-state index in [1.54, 1.807) is 13.2 Å². The summed E-state index contributed by atoms with van der Waals surface area (Å²) in [7, 11) is 7.48. The molecular formula is C20H18BN3O2. The summed E-state index contributed by atoms with van der Waals surface area (Å²) < 4.78 is 5.63. The average molecular weight is 343 g/mol. The number of methoxy groups -OCH3 is 1. The van der Waals surface area contributed by atoms with Gasteiger partial charge in [0.25, 0.3) is 0 Å². The minimum absolute atomic E-state index is 0.553. The van der Waals surface area contributed by atoms with Gasteiger partial charge in [-0.05, 0) is 43.7 Å². The molecule has 2 aromatic heterocycles. The molecule has 26 heavy (non-hydrogen) atoms. The fraction of sp³-hybridized carbons (Fsp3) is 0.200. The molecule has 0 aliphatic carbocycles. The maximum absolute atomic E-state index is 12.3. The maximum Gasteiger partial charge on any atom is 0.137 e. The van der Waals surface area contributed by atoms with E-state index >= 15 is 0 Å². The van der Waals surface area contributed by atoms with Crippen LogP contribution in [0.25, 0.3) is 21.9 Å². The van der Waals surface area contributed by atoms with Crippen LogP contribution in [0.2, 0.25) is 0 Å². The van der Waals surface area contributed by atoms with Crippen molar-refractivity contribution in [3.05, 3.63) is 53.5 Å². The lowest BCUT2D eigenvalue weighted by Gasteiger charge is -2.25. The number of hydrogen-bond acceptors (Lipinski definition) is 3. The topological polar surface area (TPSA) is 70.8 Å². The van der Waals surface area contributed by atoms with Crippen LogP contribution in [-0.2, 0) is 10.2 Å². The molecule has 0 spiro atoms. The Hall–Kier alpha value is -3.02. The average Bonchev–Trinajstić information content (AvgIpc) is 3.27. The zero-order valence-electron chi connectivity index (χ0n) is 14.9. The summed E-state index contributed by atoms with van der Waals surface area (Å²) in [6.07, 6.45) is 2.78. The molecule has 0 amide bonds. The molecule has 0 bridgehead atoms. The SMILES string of the molecule is [B]c1ccc2nc(C(C)(C=O)c3c(OC)cc(C)c4[nH]ccc34)[nH]c2c1. The fourth-order valence-electron chi connectivity index (χ4n) is 3.58. The van der Waals surface area contributed by atoms with Gasteiger partial charge in [0.2, 0.25) is 0 Å². The molecule has 0 fully saturated rings. The highest BCUT2D eigenvalue weighted by molar-refractivity contribution is 6.33. The molecule has 4 rings (SSSR count). The van der Waals surface area contributed by atoms with Crippen molar-refractivity contribution in [2.45, 2.75) is 19.3 Å². The van der Waals surface area contributed by atoms with E-state index in [9.17, 15) is 4.79 Å². The summed E-state index contributed by atoms with van der Waals surface area (Å²) >= 11 is 0. The second-order valence-corrected chi connectivity index (χ2v) is 6.72. The number of aromatic amines is 2. The molecule has 0 aliphatic rings. The van der Waals surface area contributed by atoms with Crippen molar-refractivity contribution in [3.8, 4) is 5.75 Å². The van der Waals surface area contributed by atoms with Gasteiger partial charge < -0.3 is 19.5 Å². The minimum atomic E-state index is -1.01. The van der Waals surface area contributed by atoms with E-state index in [4.69, 9.17) is 12.6 Å². The first kappa shape index (κ1) is 16.5. The van der Waals surface area contributed by atoms with E-state index in [-0.39, 0.29) is 0 Å². The summed E-state index contributed by atoms with van der Waals surface area (Å²) in [6, 6.07) is 9.35. The van der Waals surface area contributed by atoms with Gasteiger partial charge in [-0.2, -0.15) is 0 Å². The predicted molar refractivity (Wildman–Crippen MR) is 104 cm³/mol. The van der Waals surface area contributed by atoms with Crippen molar-refractivity contribution in [3.63, 3.8) is 0 Å². The number of imidazole rings is 1. The van der Waals surface area contributed by atoms with E-state index < -0.39 is 5.41 Å². The normalized spacial score (nSPS) is 13.8. The Bertz CT molecular complexity index is 1140. The van der Waals surface area contributed by atoms with Gasteiger partial charge in [0.1, 0.15) is 31.1 Å². The second-order valence-electron chi connectivity index (χ2n) is 6.72. The van der Waals surface area contributed by atoms with Crippen molar-refractivity contribution in [1.82, 2.24) is 15.0 Å². The number of hydrogen-bond donors (Lipinski definition) is 2. The van der Waals surface area contributed by atoms with Crippen LogP contribution in [-0.4, -0.2) is 36.2 Å². The predicted octanol–water partition coefficient (Wildman–Crippen LogP) is 2.66. The number of aldehydes is 1. The largest absolute Gasteiger partial charge is 0.496 e. The minimum Gasteiger partial charge on any atom is -0.496 e. The zero-order chi connectivity index (χ0) is 18.5. The van der Waals surface area contributed by atoms with Gasteiger partial charge in [-0.25, -0.2) is 4.98 Å². The molecule has 2 N–H and O–H groups in total. The van der Waals surface area contributed by atoms with E-state index in [2.05, 4.69) is 15.0 Å². The number of carbonyl (C=O) groups is 1. The lowest BCUT2D eigenvalue weighted by molar-refractivity contribution is -0.111. The van der Waals surface area contributed by atoms with Crippen LogP contribution < -0.4 is 10.2 Å². The summed E-state index contributed by atoms with van der Waals surface area (Å²) in [5.41, 5.74) is 4.01. The lowest BCUT2D eigenvalue weighted by Crippen LogP contribution is -2.28. The van der Waals surface area contributed by atoms with E-state index in [0.717, 1.165) is 39.3 Å². The van der Waals surface area contributed by atoms with Crippen LogP contribution in [0.4, 0.5) is 0 Å². The number of ether oxygens (including phenoxy) is 1. The summed E-state index contributed by atoms with van der Waals surface area (Å²) in [6.45, 7) is 3.86. The van der Waals surface area contributed by atoms with Gasteiger partial charge in [0.05, 0.1) is 18.1 Å². The molecule has 1 atom stereocenters. The standard InChI is InChI=1S/C20H18BN3O2/c1-11-8-16(26-3)17(13-6-7-22-18(11)13)20(2,10-25)19-23-14-5-4-12(21)9-15(14)24-19/h4-10,22H,1-3H3,(H,23,24). The van der Waals surface area contributed by atoms with Gasteiger partial charge in [0, 0.05) is 22.7 Å². The monoisotopic (exact) mass is 343 g/mol. The van der Waals surface area contributed by atoms with Gasteiger partial charge in [-0.3, -0.25) is 0 Å². The fourth-order valence-corrected chi connectivity index (χ4v) is 3.58. The number of benzene rings is 2. The molecule has 2 heterocycles. The first-order valence-corrected chi connectivity index (χ1v) is 8.35. The summed E-state index contributed by atoms with van der Waals surface area (Å²) in [4.78, 5) is 23.5. The van der Waals surface area contributed by atoms with Crippen LogP contribution in [0.1, 0.15) is 23.9 Å². The van der Waals surface area contributed by atoms with Gasteiger partial charge in [-0.15, -0.1) is 0 Å². The van der Waals surface area contributed by atoms with Gasteiger partial charge in [0.15, 0.2) is 0 Å². The third-order valence-electron chi connectivity index (χ3n) is 4.98. The van der Waals surface area contributed by atoms with Crippen LogP contribution >= 0.6 is 0 Å². The molecule has 6 heteroatoms. The highest BCUT2D eigenvalue weighted by Gasteiger charge is 2.37. The smallest absolute Gasteiger partial charge is 0.137 e. The number of carbonyl (C=O) groups excluding carboxylic acids is 1. The van der Waals surface area contributed by atoms with E-state index in [1.807, 2.05) is 44.3 Å². The van der Waals surface area contributed by atoms with Crippen molar-refractivity contribution in [2.75, 3.05) is 7.11 Å². The third kappa shape index (κ3) is 2.25. The molecular weight excluding hydrogens is 325 g/mol. The highest BCUT2D eigenvalue weighted by atomic mass is 16.5. The first-order chi connectivity index (χ1) is 12.5. The van der Waals surface area contributed by atoms with E-state index in [1.165, 1.54) is 0 Å². The van der Waals surface area contributed by atoms with Gasteiger partial charge in [-0.1, -0.05) is 11.5 Å². The number of nitrogens with zero attached hydrogens (tertiary/aromatic N) is 1. The van der Waals surface area contributed by atoms with Crippen molar-refractivity contribution in [2.24, 2.45) is 0 Å². The number of rotatable bonds is 4. The Kier molecular flexibility index (Phi) is 3.65. The molecule has 2 radical (unpaired) electrons. The molecule has 0 saturated heterocycles. The summed E-state index contributed by atoms with van der Waals surface area (Å²) in [5.74, 6) is 1.21. The van der Waals surface area contributed by atoms with Crippen LogP contribution in [0, 0.1) is 6.92 Å². The Morgan fingerprint density at radius 3 is 2.81 bits per heavy atom. The Morgan fingerprint density at radius 2 is 2.08 bits per heavy atom. The second kappa shape index (κ2) is 5.76. The Morgan fingerprint density at radius 1 is 1.27 bits per heavy atom. The molecule has 128 valence electrons. The molecule has 0 aliphatic heterocycles. The lowest BCUT2D eigenvalue weighted by atomic mass is 9.80. The van der Waals surface area contributed by atoms with Crippen LogP contribution in [0.15, 0.2) is 36.5 Å². The first-order valence-electron chi connectivity index (χ1n) is 8.35. The number of H-pyrrole nitrogens is 2. The molecule has 4 aromatic rings. The maximum atomic E-state index is 12.3. The highest BCUT2D eigenvalue weighted by Crippen LogP contribution is 2.41.